The van der Waals surface area contributed by atoms with Crippen LogP contribution in [0.15, 0.2) is 29.2 Å². The normalized spacial score (nSPS) is 12.7. The van der Waals surface area contributed by atoms with Crippen LogP contribution in [0.5, 0.6) is 5.75 Å². The predicted molar refractivity (Wildman–Crippen MR) is 89.9 cm³/mol. The van der Waals surface area contributed by atoms with Crippen LogP contribution in [-0.4, -0.2) is 33.5 Å². The summed E-state index contributed by atoms with van der Waals surface area (Å²) >= 11 is 0. The molecule has 0 aliphatic heterocycles. The molecule has 1 atom stereocenters. The third kappa shape index (κ3) is 7.00. The molecule has 0 spiro atoms. The highest BCUT2D eigenvalue weighted by atomic mass is 32.2. The Morgan fingerprint density at radius 3 is 2.43 bits per heavy atom. The summed E-state index contributed by atoms with van der Waals surface area (Å²) < 4.78 is 31.9. The van der Waals surface area contributed by atoms with Crippen molar-refractivity contribution < 1.29 is 17.9 Å². The molecule has 0 fully saturated rings. The van der Waals surface area contributed by atoms with Gasteiger partial charge in [-0.25, -0.2) is 13.1 Å². The maximum absolute atomic E-state index is 12.0. The van der Waals surface area contributed by atoms with Gasteiger partial charge in [0.1, 0.15) is 5.75 Å². The fraction of sp³-hybridized carbons (Fsp3) is 0.562. The monoisotopic (exact) mass is 342 g/mol. The van der Waals surface area contributed by atoms with Crippen LogP contribution in [0.4, 0.5) is 0 Å². The van der Waals surface area contributed by atoms with Crippen LogP contribution in [0.3, 0.4) is 0 Å². The summed E-state index contributed by atoms with van der Waals surface area (Å²) in [4.78, 5) is 11.8. The first-order valence-corrected chi connectivity index (χ1v) is 9.39. The second-order valence-electron chi connectivity index (χ2n) is 5.39. The molecule has 2 N–H and O–H groups in total. The zero-order chi connectivity index (χ0) is 17.3. The zero-order valence-corrected chi connectivity index (χ0v) is 14.8. The van der Waals surface area contributed by atoms with Gasteiger partial charge in [-0.15, -0.1) is 0 Å². The largest absolute Gasteiger partial charge is 0.484 e. The van der Waals surface area contributed by atoms with Crippen molar-refractivity contribution in [1.29, 1.82) is 0 Å². The van der Waals surface area contributed by atoms with E-state index in [1.54, 1.807) is 12.1 Å². The van der Waals surface area contributed by atoms with Crippen molar-refractivity contribution in [2.45, 2.75) is 51.0 Å². The Hall–Kier alpha value is -1.60. The molecule has 0 heterocycles. The Bertz CT molecular complexity index is 585. The smallest absolute Gasteiger partial charge is 0.258 e. The zero-order valence-electron chi connectivity index (χ0n) is 14.0. The lowest BCUT2D eigenvalue weighted by Gasteiger charge is -2.12. The molecule has 7 heteroatoms. The minimum atomic E-state index is -3.48. The number of sulfonamides is 1. The molecule has 1 amide bonds. The van der Waals surface area contributed by atoms with Crippen molar-refractivity contribution in [3.63, 3.8) is 0 Å². The molecule has 6 nitrogen and oxygen atoms in total. The number of ether oxygens (including phenoxy) is 1. The Kier molecular flexibility index (Phi) is 8.05. The Morgan fingerprint density at radius 2 is 1.87 bits per heavy atom. The molecule has 0 unspecified atom stereocenters. The van der Waals surface area contributed by atoms with Gasteiger partial charge in [-0.05, 0) is 44.0 Å². The number of carbonyl (C=O) groups is 1. The third-order valence-electron chi connectivity index (χ3n) is 3.35. The molecule has 0 radical (unpaired) electrons. The molecular formula is C16H26N2O4S. The number of rotatable bonds is 10. The molecule has 1 rings (SSSR count). The Morgan fingerprint density at radius 1 is 1.22 bits per heavy atom. The first-order chi connectivity index (χ1) is 10.9. The second kappa shape index (κ2) is 9.52. The predicted octanol–water partition coefficient (Wildman–Crippen LogP) is 2.06. The highest BCUT2D eigenvalue weighted by Crippen LogP contribution is 2.15. The van der Waals surface area contributed by atoms with E-state index >= 15 is 0 Å². The standard InChI is InChI=1S/C16H26N2O4S/c1-4-6-11-17-23(20,21)15-9-7-14(8-10-15)22-12-16(19)18-13(3)5-2/h7-10,13,17H,4-6,11-12H2,1-3H3,(H,18,19)/t13-/m0/s1. The average Bonchev–Trinajstić information content (AvgIpc) is 2.53. The van der Waals surface area contributed by atoms with Gasteiger partial charge in [-0.1, -0.05) is 20.3 Å². The second-order valence-corrected chi connectivity index (χ2v) is 7.16. The van der Waals surface area contributed by atoms with Crippen LogP contribution in [-0.2, 0) is 14.8 Å². The van der Waals surface area contributed by atoms with E-state index < -0.39 is 10.0 Å². The Balaban J connectivity index is 2.54. The summed E-state index contributed by atoms with van der Waals surface area (Å²) in [6.45, 7) is 6.23. The summed E-state index contributed by atoms with van der Waals surface area (Å²) in [5.41, 5.74) is 0. The van der Waals surface area contributed by atoms with E-state index in [2.05, 4.69) is 10.0 Å². The van der Waals surface area contributed by atoms with Crippen molar-refractivity contribution in [3.8, 4) is 5.75 Å². The van der Waals surface area contributed by atoms with Crippen molar-refractivity contribution in [2.75, 3.05) is 13.2 Å². The molecule has 1 aromatic carbocycles. The fourth-order valence-electron chi connectivity index (χ4n) is 1.75. The summed E-state index contributed by atoms with van der Waals surface area (Å²) in [6, 6.07) is 6.13. The van der Waals surface area contributed by atoms with E-state index in [4.69, 9.17) is 4.74 Å². The molecular weight excluding hydrogens is 316 g/mol. The average molecular weight is 342 g/mol. The van der Waals surface area contributed by atoms with Gasteiger partial charge >= 0.3 is 0 Å². The topological polar surface area (TPSA) is 84.5 Å². The molecule has 23 heavy (non-hydrogen) atoms. The molecule has 1 aromatic rings. The first kappa shape index (κ1) is 19.4. The lowest BCUT2D eigenvalue weighted by Crippen LogP contribution is -2.35. The summed E-state index contributed by atoms with van der Waals surface area (Å²) in [6.07, 6.45) is 2.57. The number of nitrogens with one attached hydrogen (secondary N) is 2. The maximum atomic E-state index is 12.0. The van der Waals surface area contributed by atoms with Gasteiger partial charge in [0.2, 0.25) is 10.0 Å². The summed E-state index contributed by atoms with van der Waals surface area (Å²) in [7, 11) is -3.48. The molecule has 0 aliphatic rings. The lowest BCUT2D eigenvalue weighted by molar-refractivity contribution is -0.123. The van der Waals surface area contributed by atoms with E-state index in [0.29, 0.717) is 12.3 Å². The number of amides is 1. The number of carbonyl (C=O) groups excluding carboxylic acids is 1. The van der Waals surface area contributed by atoms with E-state index in [1.807, 2.05) is 20.8 Å². The van der Waals surface area contributed by atoms with Gasteiger partial charge in [0, 0.05) is 12.6 Å². The lowest BCUT2D eigenvalue weighted by atomic mass is 10.2. The minimum Gasteiger partial charge on any atom is -0.484 e. The number of hydrogen-bond donors (Lipinski definition) is 2. The third-order valence-corrected chi connectivity index (χ3v) is 4.82. The summed E-state index contributed by atoms with van der Waals surface area (Å²) in [5, 5.41) is 2.79. The Labute approximate surface area is 138 Å². The van der Waals surface area contributed by atoms with Gasteiger partial charge in [0.25, 0.3) is 5.91 Å². The molecule has 0 bridgehead atoms. The minimum absolute atomic E-state index is 0.0921. The van der Waals surface area contributed by atoms with Crippen molar-refractivity contribution in [1.82, 2.24) is 10.0 Å². The van der Waals surface area contributed by atoms with E-state index in [1.165, 1.54) is 12.1 Å². The van der Waals surface area contributed by atoms with Gasteiger partial charge < -0.3 is 10.1 Å². The van der Waals surface area contributed by atoms with E-state index in [9.17, 15) is 13.2 Å². The summed E-state index contributed by atoms with van der Waals surface area (Å²) in [5.74, 6) is 0.258. The molecule has 0 saturated heterocycles. The maximum Gasteiger partial charge on any atom is 0.258 e. The quantitative estimate of drug-likeness (QED) is 0.638. The van der Waals surface area contributed by atoms with Crippen molar-refractivity contribution in [2.24, 2.45) is 0 Å². The number of benzene rings is 1. The van der Waals surface area contributed by atoms with Crippen LogP contribution in [0, 0.1) is 0 Å². The highest BCUT2D eigenvalue weighted by Gasteiger charge is 2.13. The van der Waals surface area contributed by atoms with Crippen LogP contribution in [0.1, 0.15) is 40.0 Å². The SMILES string of the molecule is CCCCNS(=O)(=O)c1ccc(OCC(=O)N[C@@H](C)CC)cc1. The highest BCUT2D eigenvalue weighted by molar-refractivity contribution is 7.89. The molecule has 0 saturated carbocycles. The van der Waals surface area contributed by atoms with Gasteiger partial charge in [0.15, 0.2) is 6.61 Å². The van der Waals surface area contributed by atoms with Crippen LogP contribution in [0.2, 0.25) is 0 Å². The fourth-order valence-corrected chi connectivity index (χ4v) is 2.82. The van der Waals surface area contributed by atoms with Crippen LogP contribution in [0.25, 0.3) is 0 Å². The van der Waals surface area contributed by atoms with Gasteiger partial charge in [-0.2, -0.15) is 0 Å². The van der Waals surface area contributed by atoms with E-state index in [-0.39, 0.29) is 23.5 Å². The molecule has 0 aromatic heterocycles. The van der Waals surface area contributed by atoms with Gasteiger partial charge in [-0.3, -0.25) is 4.79 Å². The number of hydrogen-bond acceptors (Lipinski definition) is 4. The molecule has 130 valence electrons. The van der Waals surface area contributed by atoms with E-state index in [0.717, 1.165) is 19.3 Å². The van der Waals surface area contributed by atoms with Gasteiger partial charge in [0.05, 0.1) is 4.90 Å². The van der Waals surface area contributed by atoms with Crippen LogP contribution >= 0.6 is 0 Å². The van der Waals surface area contributed by atoms with Crippen molar-refractivity contribution >= 4 is 15.9 Å². The van der Waals surface area contributed by atoms with Crippen LogP contribution < -0.4 is 14.8 Å². The van der Waals surface area contributed by atoms with Crippen molar-refractivity contribution in [3.05, 3.63) is 24.3 Å². The molecule has 0 aliphatic carbocycles. The number of unbranched alkanes of at least 4 members (excludes halogenated alkanes) is 1. The first-order valence-electron chi connectivity index (χ1n) is 7.91.